The van der Waals surface area contributed by atoms with E-state index in [0.717, 1.165) is 6.42 Å². The molecular weight excluding hydrogens is 144 g/mol. The number of rotatable bonds is 3. The van der Waals surface area contributed by atoms with E-state index in [1.54, 1.807) is 14.2 Å². The highest BCUT2D eigenvalue weighted by Crippen LogP contribution is 2.22. The molecule has 1 saturated heterocycles. The number of methoxy groups -OCH3 is 2. The lowest BCUT2D eigenvalue weighted by molar-refractivity contribution is -0.0404. The molecule has 1 aliphatic heterocycles. The third-order valence-electron chi connectivity index (χ3n) is 2.02. The van der Waals surface area contributed by atoms with E-state index in [-0.39, 0.29) is 12.2 Å². The van der Waals surface area contributed by atoms with E-state index >= 15 is 0 Å². The van der Waals surface area contributed by atoms with Crippen molar-refractivity contribution >= 4 is 0 Å². The van der Waals surface area contributed by atoms with Crippen molar-refractivity contribution in [2.75, 3.05) is 20.8 Å². The van der Waals surface area contributed by atoms with Gasteiger partial charge in [-0.3, -0.25) is 0 Å². The molecule has 0 aliphatic carbocycles. The Balaban J connectivity index is 2.37. The van der Waals surface area contributed by atoms with Crippen molar-refractivity contribution in [2.24, 2.45) is 0 Å². The van der Waals surface area contributed by atoms with Crippen LogP contribution in [0.5, 0.6) is 0 Å². The van der Waals surface area contributed by atoms with Crippen LogP contribution in [0.25, 0.3) is 0 Å². The average Bonchev–Trinajstić information content (AvgIpc) is 2.32. The Morgan fingerprint density at radius 1 is 1.45 bits per heavy atom. The maximum absolute atomic E-state index is 5.56. The van der Waals surface area contributed by atoms with E-state index in [1.165, 1.54) is 0 Å². The minimum absolute atomic E-state index is 0.125. The van der Waals surface area contributed by atoms with E-state index in [9.17, 15) is 0 Å². The van der Waals surface area contributed by atoms with Crippen LogP contribution in [-0.2, 0) is 14.2 Å². The Labute approximate surface area is 67.6 Å². The van der Waals surface area contributed by atoms with Crippen LogP contribution in [-0.4, -0.2) is 39.1 Å². The zero-order valence-corrected chi connectivity index (χ0v) is 7.37. The molecule has 0 radical (unpaired) electrons. The summed E-state index contributed by atoms with van der Waals surface area (Å²) in [5, 5.41) is 0. The first-order chi connectivity index (χ1) is 5.27. The normalized spacial score (nSPS) is 37.9. The Bertz CT molecular complexity index is 116. The van der Waals surface area contributed by atoms with Gasteiger partial charge in [0.2, 0.25) is 0 Å². The lowest BCUT2D eigenvalue weighted by Gasteiger charge is -2.15. The van der Waals surface area contributed by atoms with Crippen molar-refractivity contribution in [1.82, 2.24) is 0 Å². The predicted octanol–water partition coefficient (Wildman–Crippen LogP) is 0.825. The molecule has 0 unspecified atom stereocenters. The molecule has 0 amide bonds. The summed E-state index contributed by atoms with van der Waals surface area (Å²) in [5.41, 5.74) is 0. The molecular formula is C8H16O3. The second kappa shape index (κ2) is 4.04. The van der Waals surface area contributed by atoms with Gasteiger partial charge in [-0.05, 0) is 6.92 Å². The first-order valence-electron chi connectivity index (χ1n) is 3.95. The molecule has 0 aromatic rings. The van der Waals surface area contributed by atoms with Gasteiger partial charge in [-0.1, -0.05) is 0 Å². The molecule has 0 aromatic carbocycles. The highest BCUT2D eigenvalue weighted by atomic mass is 16.6. The zero-order valence-electron chi connectivity index (χ0n) is 7.37. The monoisotopic (exact) mass is 160 g/mol. The Morgan fingerprint density at radius 2 is 2.18 bits per heavy atom. The van der Waals surface area contributed by atoms with Crippen molar-refractivity contribution in [3.63, 3.8) is 0 Å². The van der Waals surface area contributed by atoms with E-state index in [1.807, 2.05) is 0 Å². The Kier molecular flexibility index (Phi) is 3.30. The average molecular weight is 160 g/mol. The summed E-state index contributed by atoms with van der Waals surface area (Å²) in [5.74, 6) is 0. The number of hydrogen-bond donors (Lipinski definition) is 0. The predicted molar refractivity (Wildman–Crippen MR) is 41.6 cm³/mol. The summed E-state index contributed by atoms with van der Waals surface area (Å²) < 4.78 is 15.8. The van der Waals surface area contributed by atoms with Crippen LogP contribution in [0.15, 0.2) is 0 Å². The summed E-state index contributed by atoms with van der Waals surface area (Å²) in [7, 11) is 3.40. The van der Waals surface area contributed by atoms with Gasteiger partial charge >= 0.3 is 0 Å². The molecule has 0 spiro atoms. The molecule has 0 aromatic heterocycles. The van der Waals surface area contributed by atoms with Crippen LogP contribution < -0.4 is 0 Å². The Hall–Kier alpha value is -0.120. The molecule has 1 heterocycles. The molecule has 0 N–H and O–H groups in total. The molecule has 11 heavy (non-hydrogen) atoms. The van der Waals surface area contributed by atoms with Crippen molar-refractivity contribution in [1.29, 1.82) is 0 Å². The van der Waals surface area contributed by atoms with E-state index in [4.69, 9.17) is 14.2 Å². The third kappa shape index (κ3) is 2.15. The van der Waals surface area contributed by atoms with Crippen molar-refractivity contribution in [3.8, 4) is 0 Å². The summed E-state index contributed by atoms with van der Waals surface area (Å²) in [6, 6.07) is 0. The fraction of sp³-hybridized carbons (Fsp3) is 1.00. The molecule has 3 heteroatoms. The Morgan fingerprint density at radius 3 is 2.73 bits per heavy atom. The fourth-order valence-corrected chi connectivity index (χ4v) is 1.48. The summed E-state index contributed by atoms with van der Waals surface area (Å²) >= 11 is 0. The van der Waals surface area contributed by atoms with Gasteiger partial charge < -0.3 is 14.2 Å². The van der Waals surface area contributed by atoms with Gasteiger partial charge in [-0.15, -0.1) is 0 Å². The molecule has 1 aliphatic rings. The molecule has 3 nitrogen and oxygen atoms in total. The lowest BCUT2D eigenvalue weighted by Crippen LogP contribution is -2.27. The topological polar surface area (TPSA) is 27.7 Å². The van der Waals surface area contributed by atoms with Gasteiger partial charge in [-0.2, -0.15) is 0 Å². The first-order valence-corrected chi connectivity index (χ1v) is 3.95. The molecule has 1 rings (SSSR count). The van der Waals surface area contributed by atoms with Crippen LogP contribution in [0.2, 0.25) is 0 Å². The molecule has 0 saturated carbocycles. The largest absolute Gasteiger partial charge is 0.382 e. The van der Waals surface area contributed by atoms with Crippen molar-refractivity contribution < 1.29 is 14.2 Å². The van der Waals surface area contributed by atoms with Gasteiger partial charge in [0.15, 0.2) is 0 Å². The molecule has 3 atom stereocenters. The summed E-state index contributed by atoms with van der Waals surface area (Å²) in [6.45, 7) is 2.69. The maximum Gasteiger partial charge on any atom is 0.107 e. The third-order valence-corrected chi connectivity index (χ3v) is 2.02. The SMILES string of the molecule is COC[C@H]1O[C@@H](C)C[C@@H]1OC. The van der Waals surface area contributed by atoms with Crippen LogP contribution in [0.3, 0.4) is 0 Å². The first kappa shape index (κ1) is 8.97. The second-order valence-corrected chi connectivity index (χ2v) is 2.95. The van der Waals surface area contributed by atoms with E-state index in [0.29, 0.717) is 12.7 Å². The maximum atomic E-state index is 5.56. The van der Waals surface area contributed by atoms with Gasteiger partial charge in [0.05, 0.1) is 18.8 Å². The summed E-state index contributed by atoms with van der Waals surface area (Å²) in [6.07, 6.45) is 1.62. The van der Waals surface area contributed by atoms with Crippen molar-refractivity contribution in [3.05, 3.63) is 0 Å². The van der Waals surface area contributed by atoms with Gasteiger partial charge in [0, 0.05) is 20.6 Å². The smallest absolute Gasteiger partial charge is 0.107 e. The number of hydrogen-bond acceptors (Lipinski definition) is 3. The number of ether oxygens (including phenoxy) is 3. The molecule has 0 bridgehead atoms. The minimum atomic E-state index is 0.125. The van der Waals surface area contributed by atoms with Crippen LogP contribution in [0.1, 0.15) is 13.3 Å². The van der Waals surface area contributed by atoms with Crippen molar-refractivity contribution in [2.45, 2.75) is 31.7 Å². The van der Waals surface area contributed by atoms with E-state index in [2.05, 4.69) is 6.92 Å². The fourth-order valence-electron chi connectivity index (χ4n) is 1.48. The highest BCUT2D eigenvalue weighted by Gasteiger charge is 2.32. The highest BCUT2D eigenvalue weighted by molar-refractivity contribution is 4.80. The zero-order chi connectivity index (χ0) is 8.27. The van der Waals surface area contributed by atoms with E-state index < -0.39 is 0 Å². The van der Waals surface area contributed by atoms with Crippen LogP contribution in [0, 0.1) is 0 Å². The standard InChI is InChI=1S/C8H16O3/c1-6-4-7(10-3)8(11-6)5-9-2/h6-8H,4-5H2,1-3H3/t6-,7-,8+/m0/s1. The van der Waals surface area contributed by atoms with Gasteiger partial charge in [0.25, 0.3) is 0 Å². The second-order valence-electron chi connectivity index (χ2n) is 2.95. The lowest BCUT2D eigenvalue weighted by atomic mass is 10.1. The quantitative estimate of drug-likeness (QED) is 0.612. The minimum Gasteiger partial charge on any atom is -0.382 e. The summed E-state index contributed by atoms with van der Waals surface area (Å²) in [4.78, 5) is 0. The van der Waals surface area contributed by atoms with Crippen LogP contribution >= 0.6 is 0 Å². The molecule has 66 valence electrons. The van der Waals surface area contributed by atoms with Crippen LogP contribution in [0.4, 0.5) is 0 Å². The van der Waals surface area contributed by atoms with Gasteiger partial charge in [0.1, 0.15) is 6.10 Å². The molecule has 1 fully saturated rings. The van der Waals surface area contributed by atoms with Gasteiger partial charge in [-0.25, -0.2) is 0 Å².